The monoisotopic (exact) mass is 409 g/mol. The number of fused-ring (bicyclic) bond motifs is 1. The molecule has 1 saturated carbocycles. The highest BCUT2D eigenvalue weighted by molar-refractivity contribution is 5.98. The summed E-state index contributed by atoms with van der Waals surface area (Å²) in [7, 11) is 1.67. The molecule has 0 radical (unpaired) electrons. The fraction of sp³-hybridized carbons (Fsp3) is 0.619. The van der Waals surface area contributed by atoms with Crippen LogP contribution in [0.2, 0.25) is 0 Å². The topological polar surface area (TPSA) is 70.7 Å². The van der Waals surface area contributed by atoms with Gasteiger partial charge in [0.2, 0.25) is 5.91 Å². The number of amides is 2. The number of nitrogens with zero attached hydrogens (tertiary/aromatic N) is 1. The molecule has 2 N–H and O–H groups in total. The summed E-state index contributed by atoms with van der Waals surface area (Å²) in [4.78, 5) is 27.9. The smallest absolute Gasteiger partial charge is 0.254 e. The molecule has 7 heteroatoms. The van der Waals surface area contributed by atoms with Gasteiger partial charge >= 0.3 is 0 Å². The highest BCUT2D eigenvalue weighted by Crippen LogP contribution is 2.40. The van der Waals surface area contributed by atoms with Crippen LogP contribution in [0.15, 0.2) is 30.3 Å². The van der Waals surface area contributed by atoms with Crippen molar-refractivity contribution in [1.82, 2.24) is 15.5 Å². The van der Waals surface area contributed by atoms with Crippen LogP contribution in [0.3, 0.4) is 0 Å². The molecule has 1 aliphatic heterocycles. The molecular weight excluding hydrogens is 378 g/mol. The van der Waals surface area contributed by atoms with Crippen molar-refractivity contribution in [2.24, 2.45) is 5.92 Å². The SMILES string of the molecule is COCCNCCNC(=O)C1CC2CCCCC2N1C(=O)c1ccccc1.Cl. The number of ether oxygens (including phenoxy) is 1. The van der Waals surface area contributed by atoms with Gasteiger partial charge in [-0.15, -0.1) is 12.4 Å². The van der Waals surface area contributed by atoms with Gasteiger partial charge in [-0.1, -0.05) is 31.0 Å². The van der Waals surface area contributed by atoms with Gasteiger partial charge in [-0.25, -0.2) is 0 Å². The van der Waals surface area contributed by atoms with Crippen LogP contribution in [0.4, 0.5) is 0 Å². The van der Waals surface area contributed by atoms with Gasteiger partial charge in [0, 0.05) is 38.3 Å². The Morgan fingerprint density at radius 3 is 2.61 bits per heavy atom. The summed E-state index contributed by atoms with van der Waals surface area (Å²) in [5.41, 5.74) is 0.669. The van der Waals surface area contributed by atoms with Crippen LogP contribution in [-0.4, -0.2) is 62.1 Å². The fourth-order valence-electron chi connectivity index (χ4n) is 4.41. The molecule has 1 aromatic carbocycles. The number of carbonyl (C=O) groups excluding carboxylic acids is 2. The van der Waals surface area contributed by atoms with E-state index in [-0.39, 0.29) is 36.3 Å². The van der Waals surface area contributed by atoms with Gasteiger partial charge in [0.1, 0.15) is 6.04 Å². The number of benzene rings is 1. The normalized spacial score (nSPS) is 23.6. The molecule has 156 valence electrons. The molecule has 1 aliphatic carbocycles. The molecule has 2 amide bonds. The molecule has 0 bridgehead atoms. The van der Waals surface area contributed by atoms with Gasteiger partial charge in [-0.3, -0.25) is 9.59 Å². The highest BCUT2D eigenvalue weighted by atomic mass is 35.5. The van der Waals surface area contributed by atoms with Crippen molar-refractivity contribution < 1.29 is 14.3 Å². The molecule has 3 atom stereocenters. The molecule has 1 saturated heterocycles. The van der Waals surface area contributed by atoms with Gasteiger partial charge in [0.15, 0.2) is 0 Å². The van der Waals surface area contributed by atoms with Gasteiger partial charge in [0.05, 0.1) is 6.61 Å². The first-order valence-electron chi connectivity index (χ1n) is 10.1. The minimum atomic E-state index is -0.357. The van der Waals surface area contributed by atoms with Crippen LogP contribution < -0.4 is 10.6 Å². The highest BCUT2D eigenvalue weighted by Gasteiger charge is 2.47. The van der Waals surface area contributed by atoms with Gasteiger partial charge in [-0.2, -0.15) is 0 Å². The van der Waals surface area contributed by atoms with E-state index in [4.69, 9.17) is 4.74 Å². The lowest BCUT2D eigenvalue weighted by Gasteiger charge is -2.33. The Hall–Kier alpha value is -1.63. The van der Waals surface area contributed by atoms with Gasteiger partial charge in [0.25, 0.3) is 5.91 Å². The molecule has 0 aromatic heterocycles. The van der Waals surface area contributed by atoms with Crippen LogP contribution in [0, 0.1) is 5.92 Å². The lowest BCUT2D eigenvalue weighted by Crippen LogP contribution is -2.50. The number of halogens is 1. The predicted octanol–water partition coefficient (Wildman–Crippen LogP) is 2.23. The van der Waals surface area contributed by atoms with Gasteiger partial charge < -0.3 is 20.3 Å². The van der Waals surface area contributed by atoms with Crippen molar-refractivity contribution in [3.05, 3.63) is 35.9 Å². The maximum Gasteiger partial charge on any atom is 0.254 e. The number of rotatable bonds is 8. The summed E-state index contributed by atoms with van der Waals surface area (Å²) in [6.07, 6.45) is 5.24. The number of methoxy groups -OCH3 is 1. The number of carbonyl (C=O) groups is 2. The standard InChI is InChI=1S/C21H31N3O3.ClH/c1-27-14-13-22-11-12-23-20(25)19-15-17-9-5-6-10-18(17)24(19)21(26)16-7-3-2-4-8-16;/h2-4,7-8,17-19,22H,5-6,9-15H2,1H3,(H,23,25);1H. The van der Waals surface area contributed by atoms with Gasteiger partial charge in [-0.05, 0) is 37.3 Å². The Labute approximate surface area is 173 Å². The molecule has 2 fully saturated rings. The summed E-state index contributed by atoms with van der Waals surface area (Å²) in [5.74, 6) is 0.410. The number of nitrogens with one attached hydrogen (secondary N) is 2. The second-order valence-electron chi connectivity index (χ2n) is 7.48. The zero-order chi connectivity index (χ0) is 19.1. The maximum absolute atomic E-state index is 13.2. The minimum Gasteiger partial charge on any atom is -0.383 e. The van der Waals surface area contributed by atoms with E-state index in [0.717, 1.165) is 32.2 Å². The van der Waals surface area contributed by atoms with E-state index in [1.54, 1.807) is 7.11 Å². The Balaban J connectivity index is 0.00000280. The summed E-state index contributed by atoms with van der Waals surface area (Å²) in [5, 5.41) is 6.23. The molecule has 3 unspecified atom stereocenters. The van der Waals surface area contributed by atoms with Crippen molar-refractivity contribution in [3.8, 4) is 0 Å². The number of hydrogen-bond donors (Lipinski definition) is 2. The third kappa shape index (κ3) is 5.46. The Morgan fingerprint density at radius 2 is 1.86 bits per heavy atom. The summed E-state index contributed by atoms with van der Waals surface area (Å²) >= 11 is 0. The molecule has 28 heavy (non-hydrogen) atoms. The summed E-state index contributed by atoms with van der Waals surface area (Å²) in [6, 6.07) is 9.18. The molecule has 1 heterocycles. The van der Waals surface area contributed by atoms with Crippen molar-refractivity contribution in [1.29, 1.82) is 0 Å². The number of likely N-dealkylation sites (tertiary alicyclic amines) is 1. The Morgan fingerprint density at radius 1 is 1.11 bits per heavy atom. The lowest BCUT2D eigenvalue weighted by molar-refractivity contribution is -0.125. The van der Waals surface area contributed by atoms with E-state index < -0.39 is 0 Å². The fourth-order valence-corrected chi connectivity index (χ4v) is 4.41. The first-order chi connectivity index (χ1) is 13.2. The second kappa shape index (κ2) is 11.4. The lowest BCUT2D eigenvalue weighted by atomic mass is 9.84. The van der Waals surface area contributed by atoms with E-state index in [2.05, 4.69) is 10.6 Å². The average Bonchev–Trinajstić information content (AvgIpc) is 3.10. The largest absolute Gasteiger partial charge is 0.383 e. The summed E-state index contributed by atoms with van der Waals surface area (Å²) < 4.78 is 4.99. The van der Waals surface area contributed by atoms with Crippen LogP contribution in [0.1, 0.15) is 42.5 Å². The Bertz CT molecular complexity index is 629. The van der Waals surface area contributed by atoms with Crippen LogP contribution in [0.5, 0.6) is 0 Å². The Kier molecular flexibility index (Phi) is 9.22. The first-order valence-corrected chi connectivity index (χ1v) is 10.1. The van der Waals surface area contributed by atoms with Crippen LogP contribution in [0.25, 0.3) is 0 Å². The molecule has 1 aromatic rings. The van der Waals surface area contributed by atoms with E-state index >= 15 is 0 Å². The molecule has 6 nitrogen and oxygen atoms in total. The zero-order valence-electron chi connectivity index (χ0n) is 16.6. The number of hydrogen-bond acceptors (Lipinski definition) is 4. The van der Waals surface area contributed by atoms with Crippen molar-refractivity contribution in [2.75, 3.05) is 33.4 Å². The second-order valence-corrected chi connectivity index (χ2v) is 7.48. The van der Waals surface area contributed by atoms with Crippen LogP contribution in [-0.2, 0) is 9.53 Å². The van der Waals surface area contributed by atoms with E-state index in [1.807, 2.05) is 35.2 Å². The van der Waals surface area contributed by atoms with E-state index in [1.165, 1.54) is 6.42 Å². The third-order valence-corrected chi connectivity index (χ3v) is 5.73. The van der Waals surface area contributed by atoms with Crippen molar-refractivity contribution in [3.63, 3.8) is 0 Å². The molecule has 3 rings (SSSR count). The van der Waals surface area contributed by atoms with Crippen molar-refractivity contribution in [2.45, 2.75) is 44.2 Å². The maximum atomic E-state index is 13.2. The zero-order valence-corrected chi connectivity index (χ0v) is 17.4. The summed E-state index contributed by atoms with van der Waals surface area (Å²) in [6.45, 7) is 2.67. The first kappa shape index (κ1) is 22.7. The molecular formula is C21H32ClN3O3. The molecule has 2 aliphatic rings. The molecule has 0 spiro atoms. The predicted molar refractivity (Wildman–Crippen MR) is 112 cm³/mol. The average molecular weight is 410 g/mol. The van der Waals surface area contributed by atoms with E-state index in [0.29, 0.717) is 31.2 Å². The van der Waals surface area contributed by atoms with E-state index in [9.17, 15) is 9.59 Å². The quantitative estimate of drug-likeness (QED) is 0.646. The van der Waals surface area contributed by atoms with Crippen LogP contribution >= 0.6 is 12.4 Å². The minimum absolute atomic E-state index is 0. The third-order valence-electron chi connectivity index (χ3n) is 5.73. The van der Waals surface area contributed by atoms with Crippen molar-refractivity contribution >= 4 is 24.2 Å².